The number of aryl methyl sites for hydroxylation is 1. The Morgan fingerprint density at radius 1 is 1.47 bits per heavy atom. The van der Waals surface area contributed by atoms with Gasteiger partial charge < -0.3 is 4.74 Å². The van der Waals surface area contributed by atoms with E-state index in [0.717, 1.165) is 11.1 Å². The molecule has 1 aromatic rings. The molecular weight excluding hydrogens is 192 g/mol. The predicted molar refractivity (Wildman–Crippen MR) is 56.2 cm³/mol. The van der Waals surface area contributed by atoms with Crippen molar-refractivity contribution in [2.45, 2.75) is 13.0 Å². The molecule has 1 aliphatic rings. The second-order valence-electron chi connectivity index (χ2n) is 3.74. The van der Waals surface area contributed by atoms with Gasteiger partial charge in [0.05, 0.1) is 6.54 Å². The lowest BCUT2D eigenvalue weighted by molar-refractivity contribution is 0.0127. The number of rotatable bonds is 1. The molecule has 80 valence electrons. The Balaban J connectivity index is 2.23. The van der Waals surface area contributed by atoms with Crippen molar-refractivity contribution < 1.29 is 9.53 Å². The number of carbonyl (C=O) groups is 1. The minimum absolute atomic E-state index is 0.176. The van der Waals surface area contributed by atoms with Crippen LogP contribution in [0.25, 0.3) is 0 Å². The van der Waals surface area contributed by atoms with Crippen LogP contribution in [0.15, 0.2) is 24.3 Å². The molecule has 0 bridgehead atoms. The average Bonchev–Trinajstić information content (AvgIpc) is 2.16. The van der Waals surface area contributed by atoms with Gasteiger partial charge in [-0.1, -0.05) is 24.3 Å². The molecule has 0 radical (unpaired) electrons. The molecule has 1 saturated heterocycles. The van der Waals surface area contributed by atoms with Crippen LogP contribution in [0.4, 0.5) is 4.79 Å². The molecule has 1 aliphatic heterocycles. The van der Waals surface area contributed by atoms with Crippen molar-refractivity contribution in [3.05, 3.63) is 35.4 Å². The van der Waals surface area contributed by atoms with Crippen LogP contribution in [-0.2, 0) is 4.74 Å². The number of nitrogens with one attached hydrogen (secondary N) is 1. The summed E-state index contributed by atoms with van der Waals surface area (Å²) in [4.78, 5) is 11.2. The molecule has 1 aromatic carbocycles. The Kier molecular flexibility index (Phi) is 2.60. The summed E-state index contributed by atoms with van der Waals surface area (Å²) >= 11 is 0. The van der Waals surface area contributed by atoms with Crippen LogP contribution in [-0.4, -0.2) is 24.7 Å². The zero-order chi connectivity index (χ0) is 10.8. The summed E-state index contributed by atoms with van der Waals surface area (Å²) in [6.45, 7) is 2.68. The fraction of sp³-hybridized carbons (Fsp3) is 0.364. The Morgan fingerprint density at radius 3 is 2.87 bits per heavy atom. The van der Waals surface area contributed by atoms with Crippen molar-refractivity contribution in [3.8, 4) is 0 Å². The largest absolute Gasteiger partial charge is 0.439 e. The zero-order valence-corrected chi connectivity index (χ0v) is 8.86. The summed E-state index contributed by atoms with van der Waals surface area (Å²) in [6, 6.07) is 7.95. The van der Waals surface area contributed by atoms with Crippen LogP contribution >= 0.6 is 0 Å². The first-order valence-corrected chi connectivity index (χ1v) is 4.91. The van der Waals surface area contributed by atoms with Crippen LogP contribution < -0.4 is 5.43 Å². The van der Waals surface area contributed by atoms with Crippen molar-refractivity contribution in [2.24, 2.45) is 0 Å². The molecular formula is C11H14N2O2. The Bertz CT molecular complexity index is 379. The van der Waals surface area contributed by atoms with Crippen LogP contribution in [0.1, 0.15) is 17.2 Å². The summed E-state index contributed by atoms with van der Waals surface area (Å²) in [5.41, 5.74) is 4.78. The predicted octanol–water partition coefficient (Wildman–Crippen LogP) is 1.62. The van der Waals surface area contributed by atoms with Gasteiger partial charge in [0.2, 0.25) is 0 Å². The third-order valence-corrected chi connectivity index (χ3v) is 2.51. The van der Waals surface area contributed by atoms with E-state index in [2.05, 4.69) is 5.43 Å². The van der Waals surface area contributed by atoms with E-state index in [1.165, 1.54) is 0 Å². The number of cyclic esters (lactones) is 1. The van der Waals surface area contributed by atoms with Crippen molar-refractivity contribution >= 4 is 6.09 Å². The van der Waals surface area contributed by atoms with Gasteiger partial charge >= 0.3 is 6.09 Å². The molecule has 4 nitrogen and oxygen atoms in total. The Morgan fingerprint density at radius 2 is 2.20 bits per heavy atom. The van der Waals surface area contributed by atoms with E-state index in [0.29, 0.717) is 6.54 Å². The second kappa shape index (κ2) is 3.90. The quantitative estimate of drug-likeness (QED) is 0.759. The van der Waals surface area contributed by atoms with Crippen LogP contribution in [0.5, 0.6) is 0 Å². The van der Waals surface area contributed by atoms with E-state index in [-0.39, 0.29) is 6.10 Å². The number of likely N-dealkylation sites (N-methyl/N-ethyl adjacent to an activating group) is 1. The molecule has 1 N–H and O–H groups in total. The first kappa shape index (κ1) is 9.98. The van der Waals surface area contributed by atoms with E-state index in [4.69, 9.17) is 4.74 Å². The lowest BCUT2D eigenvalue weighted by Gasteiger charge is -2.30. The van der Waals surface area contributed by atoms with Gasteiger partial charge in [-0.2, -0.15) is 0 Å². The third kappa shape index (κ3) is 2.10. The lowest BCUT2D eigenvalue weighted by Crippen LogP contribution is -2.48. The molecule has 4 heteroatoms. The second-order valence-corrected chi connectivity index (χ2v) is 3.74. The average molecular weight is 206 g/mol. The summed E-state index contributed by atoms with van der Waals surface area (Å²) < 4.78 is 5.23. The molecule has 1 amide bonds. The van der Waals surface area contributed by atoms with Gasteiger partial charge in [-0.25, -0.2) is 9.80 Å². The number of hydrazine groups is 1. The van der Waals surface area contributed by atoms with Gasteiger partial charge in [0.25, 0.3) is 0 Å². The summed E-state index contributed by atoms with van der Waals surface area (Å²) in [5, 5.41) is 1.74. The van der Waals surface area contributed by atoms with Gasteiger partial charge in [0.15, 0.2) is 0 Å². The summed E-state index contributed by atoms with van der Waals surface area (Å²) in [7, 11) is 1.83. The molecule has 0 saturated carbocycles. The van der Waals surface area contributed by atoms with Crippen molar-refractivity contribution in [2.75, 3.05) is 13.6 Å². The summed E-state index contributed by atoms with van der Waals surface area (Å²) in [5.74, 6) is 0. The molecule has 0 aromatic heterocycles. The smallest absolute Gasteiger partial charge is 0.422 e. The van der Waals surface area contributed by atoms with Crippen LogP contribution in [0, 0.1) is 6.92 Å². The third-order valence-electron chi connectivity index (χ3n) is 2.51. The van der Waals surface area contributed by atoms with Crippen molar-refractivity contribution in [3.63, 3.8) is 0 Å². The first-order chi connectivity index (χ1) is 7.16. The highest BCUT2D eigenvalue weighted by Gasteiger charge is 2.25. The molecule has 1 fully saturated rings. The van der Waals surface area contributed by atoms with Crippen LogP contribution in [0.2, 0.25) is 0 Å². The minimum Gasteiger partial charge on any atom is -0.439 e. The van der Waals surface area contributed by atoms with Gasteiger partial charge in [0, 0.05) is 7.05 Å². The highest BCUT2D eigenvalue weighted by Crippen LogP contribution is 2.23. The molecule has 1 heterocycles. The maximum absolute atomic E-state index is 11.2. The SMILES string of the molecule is Cc1ccccc1C1CN(C)NC(=O)O1. The van der Waals surface area contributed by atoms with Gasteiger partial charge in [-0.3, -0.25) is 5.43 Å². The molecule has 15 heavy (non-hydrogen) atoms. The first-order valence-electron chi connectivity index (χ1n) is 4.91. The maximum atomic E-state index is 11.2. The molecule has 1 unspecified atom stereocenters. The van der Waals surface area contributed by atoms with Crippen LogP contribution in [0.3, 0.4) is 0 Å². The number of benzene rings is 1. The maximum Gasteiger partial charge on any atom is 0.422 e. The summed E-state index contributed by atoms with van der Waals surface area (Å²) in [6.07, 6.45) is -0.568. The van der Waals surface area contributed by atoms with Gasteiger partial charge in [-0.15, -0.1) is 0 Å². The molecule has 0 spiro atoms. The van der Waals surface area contributed by atoms with E-state index in [1.54, 1.807) is 5.01 Å². The highest BCUT2D eigenvalue weighted by molar-refractivity contribution is 5.67. The zero-order valence-electron chi connectivity index (χ0n) is 8.86. The minimum atomic E-state index is -0.392. The van der Waals surface area contributed by atoms with Gasteiger partial charge in [0.1, 0.15) is 6.10 Å². The van der Waals surface area contributed by atoms with E-state index >= 15 is 0 Å². The lowest BCUT2D eigenvalue weighted by atomic mass is 10.0. The topological polar surface area (TPSA) is 41.6 Å². The molecule has 1 atom stereocenters. The van der Waals surface area contributed by atoms with E-state index in [1.807, 2.05) is 38.2 Å². The number of hydrogen-bond donors (Lipinski definition) is 1. The number of hydrogen-bond acceptors (Lipinski definition) is 3. The number of carbonyl (C=O) groups excluding carboxylic acids is 1. The van der Waals surface area contributed by atoms with Crippen molar-refractivity contribution in [1.82, 2.24) is 10.4 Å². The fourth-order valence-electron chi connectivity index (χ4n) is 1.75. The van der Waals surface area contributed by atoms with Gasteiger partial charge in [-0.05, 0) is 18.1 Å². The highest BCUT2D eigenvalue weighted by atomic mass is 16.6. The Labute approximate surface area is 88.8 Å². The normalized spacial score (nSPS) is 22.0. The number of nitrogens with zero attached hydrogens (tertiary/aromatic N) is 1. The molecule has 0 aliphatic carbocycles. The number of ether oxygens (including phenoxy) is 1. The molecule has 2 rings (SSSR count). The van der Waals surface area contributed by atoms with E-state index < -0.39 is 6.09 Å². The van der Waals surface area contributed by atoms with E-state index in [9.17, 15) is 4.79 Å². The fourth-order valence-corrected chi connectivity index (χ4v) is 1.75. The standard InChI is InChI=1S/C11H14N2O2/c1-8-5-3-4-6-9(8)10-7-13(2)12-11(14)15-10/h3-6,10H,7H2,1-2H3,(H,12,14). The van der Waals surface area contributed by atoms with Crippen molar-refractivity contribution in [1.29, 1.82) is 0 Å². The number of amides is 1. The monoisotopic (exact) mass is 206 g/mol. The Hall–Kier alpha value is -1.55.